The molecule has 0 atom stereocenters. The van der Waals surface area contributed by atoms with Gasteiger partial charge < -0.3 is 10.0 Å². The van der Waals surface area contributed by atoms with Crippen molar-refractivity contribution in [3.8, 4) is 11.8 Å². The molecule has 1 heterocycles. The van der Waals surface area contributed by atoms with Gasteiger partial charge in [0, 0.05) is 18.2 Å². The first-order valence-corrected chi connectivity index (χ1v) is 7.84. The number of likely N-dealkylation sites (tertiary alicyclic amines) is 1. The van der Waals surface area contributed by atoms with Crippen LogP contribution in [0, 0.1) is 11.8 Å². The van der Waals surface area contributed by atoms with E-state index in [1.54, 1.807) is 0 Å². The number of benzene rings is 1. The summed E-state index contributed by atoms with van der Waals surface area (Å²) in [5, 5.41) is 8.86. The molecule has 0 saturated carbocycles. The molecular weight excluding hydrogens is 260 g/mol. The van der Waals surface area contributed by atoms with E-state index in [1.807, 2.05) is 12.1 Å². The minimum absolute atomic E-state index is 0.0837. The molecule has 3 nitrogen and oxygen atoms in total. The standard InChI is InChI=1S/C18H26N2O/c1-3-20-12-10-18(11-13-20)19(2)15-17-8-5-4-7-16(17)9-6-14-21/h4-5,7-8,18,21H,3,10-15H2,1-2H3. The summed E-state index contributed by atoms with van der Waals surface area (Å²) in [6.07, 6.45) is 2.49. The van der Waals surface area contributed by atoms with E-state index in [0.29, 0.717) is 6.04 Å². The van der Waals surface area contributed by atoms with Crippen LogP contribution in [-0.2, 0) is 6.54 Å². The fourth-order valence-electron chi connectivity index (χ4n) is 2.99. The van der Waals surface area contributed by atoms with E-state index < -0.39 is 0 Å². The number of hydrogen-bond donors (Lipinski definition) is 1. The molecular formula is C18H26N2O. The second-order valence-corrected chi connectivity index (χ2v) is 5.70. The summed E-state index contributed by atoms with van der Waals surface area (Å²) in [4.78, 5) is 4.97. The lowest BCUT2D eigenvalue weighted by atomic mass is 10.0. The highest BCUT2D eigenvalue weighted by Gasteiger charge is 2.21. The van der Waals surface area contributed by atoms with E-state index in [2.05, 4.69) is 47.7 Å². The van der Waals surface area contributed by atoms with Crippen molar-refractivity contribution < 1.29 is 5.11 Å². The first kappa shape index (κ1) is 16.0. The second-order valence-electron chi connectivity index (χ2n) is 5.70. The van der Waals surface area contributed by atoms with Crippen molar-refractivity contribution in [2.45, 2.75) is 32.4 Å². The maximum absolute atomic E-state index is 8.86. The first-order valence-electron chi connectivity index (χ1n) is 7.84. The number of hydrogen-bond acceptors (Lipinski definition) is 3. The quantitative estimate of drug-likeness (QED) is 0.857. The molecule has 1 aliphatic heterocycles. The number of piperidine rings is 1. The van der Waals surface area contributed by atoms with Gasteiger partial charge in [-0.05, 0) is 51.2 Å². The topological polar surface area (TPSA) is 26.7 Å². The average molecular weight is 286 g/mol. The SMILES string of the molecule is CCN1CCC(N(C)Cc2ccccc2C#CCO)CC1. The summed E-state index contributed by atoms with van der Waals surface area (Å²) in [5.41, 5.74) is 2.28. The zero-order valence-corrected chi connectivity index (χ0v) is 13.2. The van der Waals surface area contributed by atoms with Crippen molar-refractivity contribution in [3.63, 3.8) is 0 Å². The van der Waals surface area contributed by atoms with Gasteiger partial charge >= 0.3 is 0 Å². The van der Waals surface area contributed by atoms with Gasteiger partial charge in [0.25, 0.3) is 0 Å². The molecule has 0 unspecified atom stereocenters. The van der Waals surface area contributed by atoms with Crippen LogP contribution < -0.4 is 0 Å². The summed E-state index contributed by atoms with van der Waals surface area (Å²) < 4.78 is 0. The van der Waals surface area contributed by atoms with Crippen LogP contribution in [0.5, 0.6) is 0 Å². The zero-order chi connectivity index (χ0) is 15.1. The maximum atomic E-state index is 8.86. The summed E-state index contributed by atoms with van der Waals surface area (Å²) in [7, 11) is 2.21. The van der Waals surface area contributed by atoms with Crippen molar-refractivity contribution >= 4 is 0 Å². The van der Waals surface area contributed by atoms with E-state index in [0.717, 1.165) is 18.7 Å². The Morgan fingerprint density at radius 1 is 1.29 bits per heavy atom. The lowest BCUT2D eigenvalue weighted by Gasteiger charge is -2.36. The summed E-state index contributed by atoms with van der Waals surface area (Å²) >= 11 is 0. The molecule has 1 aromatic rings. The van der Waals surface area contributed by atoms with Gasteiger partial charge in [-0.1, -0.05) is 37.0 Å². The molecule has 0 radical (unpaired) electrons. The molecule has 0 amide bonds. The molecule has 0 aliphatic carbocycles. The fraction of sp³-hybridized carbons (Fsp3) is 0.556. The van der Waals surface area contributed by atoms with Crippen molar-refractivity contribution in [2.24, 2.45) is 0 Å². The largest absolute Gasteiger partial charge is 0.384 e. The van der Waals surface area contributed by atoms with Crippen LogP contribution in [0.1, 0.15) is 30.9 Å². The van der Waals surface area contributed by atoms with Gasteiger partial charge in [-0.25, -0.2) is 0 Å². The van der Waals surface area contributed by atoms with E-state index >= 15 is 0 Å². The van der Waals surface area contributed by atoms with E-state index in [1.165, 1.54) is 31.5 Å². The Hall–Kier alpha value is -1.34. The smallest absolute Gasteiger partial charge is 0.104 e. The normalized spacial score (nSPS) is 16.8. The van der Waals surface area contributed by atoms with Crippen molar-refractivity contribution in [1.29, 1.82) is 0 Å². The molecule has 0 aromatic heterocycles. The fourth-order valence-corrected chi connectivity index (χ4v) is 2.99. The molecule has 2 rings (SSSR count). The second kappa shape index (κ2) is 8.19. The number of nitrogens with zero attached hydrogens (tertiary/aromatic N) is 2. The third-order valence-corrected chi connectivity index (χ3v) is 4.37. The van der Waals surface area contributed by atoms with Crippen LogP contribution in [0.4, 0.5) is 0 Å². The highest BCUT2D eigenvalue weighted by Crippen LogP contribution is 2.18. The van der Waals surface area contributed by atoms with Crippen LogP contribution in [0.2, 0.25) is 0 Å². The molecule has 0 spiro atoms. The van der Waals surface area contributed by atoms with Gasteiger partial charge in [-0.15, -0.1) is 0 Å². The molecule has 21 heavy (non-hydrogen) atoms. The van der Waals surface area contributed by atoms with Crippen LogP contribution in [0.15, 0.2) is 24.3 Å². The lowest BCUT2D eigenvalue weighted by Crippen LogP contribution is -2.42. The summed E-state index contributed by atoms with van der Waals surface area (Å²) in [5.74, 6) is 5.80. The predicted octanol–water partition coefficient (Wildman–Crippen LogP) is 1.95. The Morgan fingerprint density at radius 2 is 2.00 bits per heavy atom. The van der Waals surface area contributed by atoms with E-state index in [4.69, 9.17) is 5.11 Å². The molecule has 1 aromatic carbocycles. The van der Waals surface area contributed by atoms with Crippen molar-refractivity contribution in [3.05, 3.63) is 35.4 Å². The van der Waals surface area contributed by atoms with Gasteiger partial charge in [0.15, 0.2) is 0 Å². The van der Waals surface area contributed by atoms with Gasteiger partial charge in [-0.2, -0.15) is 0 Å². The monoisotopic (exact) mass is 286 g/mol. The third kappa shape index (κ3) is 4.57. The van der Waals surface area contributed by atoms with E-state index in [-0.39, 0.29) is 6.61 Å². The Labute approximate surface area is 128 Å². The van der Waals surface area contributed by atoms with Crippen LogP contribution in [0.3, 0.4) is 0 Å². The van der Waals surface area contributed by atoms with Crippen LogP contribution >= 0.6 is 0 Å². The zero-order valence-electron chi connectivity index (χ0n) is 13.2. The average Bonchev–Trinajstić information content (AvgIpc) is 2.54. The van der Waals surface area contributed by atoms with E-state index in [9.17, 15) is 0 Å². The van der Waals surface area contributed by atoms with Crippen LogP contribution in [-0.4, -0.2) is 54.2 Å². The molecule has 114 valence electrons. The summed E-state index contributed by atoms with van der Waals surface area (Å²) in [6.45, 7) is 6.65. The number of aliphatic hydroxyl groups is 1. The highest BCUT2D eigenvalue weighted by molar-refractivity contribution is 5.41. The maximum Gasteiger partial charge on any atom is 0.104 e. The molecule has 1 saturated heterocycles. The molecule has 1 fully saturated rings. The van der Waals surface area contributed by atoms with Gasteiger partial charge in [0.2, 0.25) is 0 Å². The van der Waals surface area contributed by atoms with Crippen LogP contribution in [0.25, 0.3) is 0 Å². The molecule has 1 N–H and O–H groups in total. The van der Waals surface area contributed by atoms with Crippen molar-refractivity contribution in [1.82, 2.24) is 9.80 Å². The highest BCUT2D eigenvalue weighted by atomic mass is 16.2. The molecule has 1 aliphatic rings. The predicted molar refractivity (Wildman–Crippen MR) is 87.0 cm³/mol. The Bertz CT molecular complexity index is 495. The Kier molecular flexibility index (Phi) is 6.25. The van der Waals surface area contributed by atoms with Gasteiger partial charge in [0.05, 0.1) is 0 Å². The minimum Gasteiger partial charge on any atom is -0.384 e. The number of aliphatic hydroxyl groups excluding tert-OH is 1. The third-order valence-electron chi connectivity index (χ3n) is 4.37. The lowest BCUT2D eigenvalue weighted by molar-refractivity contribution is 0.127. The number of rotatable bonds is 4. The van der Waals surface area contributed by atoms with Gasteiger partial charge in [-0.3, -0.25) is 4.90 Å². The molecule has 0 bridgehead atoms. The Morgan fingerprint density at radius 3 is 2.67 bits per heavy atom. The first-order chi connectivity index (χ1) is 10.2. The van der Waals surface area contributed by atoms with Crippen molar-refractivity contribution in [2.75, 3.05) is 33.3 Å². The molecule has 3 heteroatoms. The summed E-state index contributed by atoms with van der Waals surface area (Å²) in [6, 6.07) is 8.90. The Balaban J connectivity index is 1.98. The van der Waals surface area contributed by atoms with Gasteiger partial charge in [0.1, 0.15) is 6.61 Å². The minimum atomic E-state index is -0.0837.